The minimum atomic E-state index is -0.152. The van der Waals surface area contributed by atoms with Crippen LogP contribution in [0.2, 0.25) is 0 Å². The molecule has 0 spiro atoms. The number of aliphatic imine (C=N–C) groups is 1. The van der Waals surface area contributed by atoms with Crippen LogP contribution in [0.3, 0.4) is 0 Å². The zero-order valence-electron chi connectivity index (χ0n) is 9.85. The van der Waals surface area contributed by atoms with Gasteiger partial charge in [-0.15, -0.1) is 11.8 Å². The van der Waals surface area contributed by atoms with Gasteiger partial charge in [0, 0.05) is 12.7 Å². The van der Waals surface area contributed by atoms with Gasteiger partial charge in [-0.1, -0.05) is 43.8 Å². The zero-order chi connectivity index (χ0) is 12.5. The molecule has 0 aliphatic heterocycles. The first kappa shape index (κ1) is 13.5. The Morgan fingerprint density at radius 1 is 1.47 bits per heavy atom. The van der Waals surface area contributed by atoms with Gasteiger partial charge < -0.3 is 5.32 Å². The van der Waals surface area contributed by atoms with Crippen LogP contribution in [0.5, 0.6) is 0 Å². The van der Waals surface area contributed by atoms with Gasteiger partial charge in [-0.25, -0.2) is 4.99 Å². The van der Waals surface area contributed by atoms with E-state index >= 15 is 0 Å². The van der Waals surface area contributed by atoms with Gasteiger partial charge in [0.25, 0.3) is 5.91 Å². The molecule has 1 amide bonds. The number of carbonyl (C=O) groups excluding carboxylic acids is 1. The largest absolute Gasteiger partial charge is 0.346 e. The Labute approximate surface area is 106 Å². The molecule has 0 aliphatic carbocycles. The SMILES string of the molecule is C=CN=C(SCC)C(=O)NCc1ccccc1. The van der Waals surface area contributed by atoms with Crippen LogP contribution in [0, 0.1) is 0 Å². The number of benzene rings is 1. The lowest BCUT2D eigenvalue weighted by Crippen LogP contribution is -2.28. The van der Waals surface area contributed by atoms with Gasteiger partial charge in [-0.3, -0.25) is 4.79 Å². The predicted octanol–water partition coefficient (Wildman–Crippen LogP) is 2.60. The molecule has 0 aromatic heterocycles. The maximum Gasteiger partial charge on any atom is 0.276 e. The minimum Gasteiger partial charge on any atom is -0.346 e. The van der Waals surface area contributed by atoms with E-state index in [1.54, 1.807) is 0 Å². The maximum absolute atomic E-state index is 11.8. The Morgan fingerprint density at radius 3 is 2.76 bits per heavy atom. The number of hydrogen-bond donors (Lipinski definition) is 1. The Morgan fingerprint density at radius 2 is 2.18 bits per heavy atom. The van der Waals surface area contributed by atoms with Gasteiger partial charge in [-0.05, 0) is 11.3 Å². The van der Waals surface area contributed by atoms with Crippen LogP contribution in [0.4, 0.5) is 0 Å². The van der Waals surface area contributed by atoms with E-state index in [4.69, 9.17) is 0 Å². The lowest BCUT2D eigenvalue weighted by Gasteiger charge is -2.06. The van der Waals surface area contributed by atoms with E-state index in [9.17, 15) is 4.79 Å². The van der Waals surface area contributed by atoms with Crippen LogP contribution in [-0.4, -0.2) is 16.7 Å². The van der Waals surface area contributed by atoms with E-state index in [1.165, 1.54) is 18.0 Å². The second kappa shape index (κ2) is 7.68. The van der Waals surface area contributed by atoms with Crippen molar-refractivity contribution >= 4 is 22.7 Å². The van der Waals surface area contributed by atoms with Crippen molar-refractivity contribution in [3.8, 4) is 0 Å². The fraction of sp³-hybridized carbons (Fsp3) is 0.231. The van der Waals surface area contributed by atoms with Crippen molar-refractivity contribution in [1.29, 1.82) is 0 Å². The summed E-state index contributed by atoms with van der Waals surface area (Å²) in [5.41, 5.74) is 1.07. The second-order valence-electron chi connectivity index (χ2n) is 3.22. The molecule has 17 heavy (non-hydrogen) atoms. The lowest BCUT2D eigenvalue weighted by molar-refractivity contribution is -0.114. The summed E-state index contributed by atoms with van der Waals surface area (Å²) in [6.45, 7) is 6.00. The number of rotatable bonds is 4. The third-order valence-electron chi connectivity index (χ3n) is 1.98. The van der Waals surface area contributed by atoms with E-state index in [2.05, 4.69) is 16.9 Å². The van der Waals surface area contributed by atoms with Crippen LogP contribution in [0.1, 0.15) is 12.5 Å². The molecule has 1 aromatic carbocycles. The van der Waals surface area contributed by atoms with Gasteiger partial charge >= 0.3 is 0 Å². The Hall–Kier alpha value is -1.55. The van der Waals surface area contributed by atoms with Gasteiger partial charge in [0.1, 0.15) is 0 Å². The van der Waals surface area contributed by atoms with Gasteiger partial charge in [0.15, 0.2) is 5.04 Å². The van der Waals surface area contributed by atoms with Crippen molar-refractivity contribution in [2.75, 3.05) is 5.75 Å². The monoisotopic (exact) mass is 248 g/mol. The summed E-state index contributed by atoms with van der Waals surface area (Å²) in [7, 11) is 0. The number of nitrogens with zero attached hydrogens (tertiary/aromatic N) is 1. The highest BCUT2D eigenvalue weighted by molar-refractivity contribution is 8.15. The summed E-state index contributed by atoms with van der Waals surface area (Å²) < 4.78 is 0. The molecule has 3 nitrogen and oxygen atoms in total. The molecule has 1 N–H and O–H groups in total. The van der Waals surface area contributed by atoms with Crippen LogP contribution >= 0.6 is 11.8 Å². The smallest absolute Gasteiger partial charge is 0.276 e. The summed E-state index contributed by atoms with van der Waals surface area (Å²) in [6, 6.07) is 9.78. The first-order valence-corrected chi connectivity index (χ1v) is 6.40. The molecule has 0 atom stereocenters. The molecule has 0 fully saturated rings. The van der Waals surface area contributed by atoms with E-state index in [-0.39, 0.29) is 5.91 Å². The molecule has 0 unspecified atom stereocenters. The summed E-state index contributed by atoms with van der Waals surface area (Å²) in [4.78, 5) is 15.7. The zero-order valence-corrected chi connectivity index (χ0v) is 10.7. The van der Waals surface area contributed by atoms with E-state index < -0.39 is 0 Å². The number of carbonyl (C=O) groups is 1. The molecule has 4 heteroatoms. The molecular formula is C13H16N2OS. The van der Waals surface area contributed by atoms with Crippen LogP contribution in [0.15, 0.2) is 48.1 Å². The molecule has 1 rings (SSSR count). The minimum absolute atomic E-state index is 0.152. The second-order valence-corrected chi connectivity index (χ2v) is 4.47. The van der Waals surface area contributed by atoms with E-state index in [0.29, 0.717) is 11.6 Å². The number of hydrogen-bond acceptors (Lipinski definition) is 3. The molecule has 1 aromatic rings. The van der Waals surface area contributed by atoms with Crippen LogP contribution in [-0.2, 0) is 11.3 Å². The fourth-order valence-corrected chi connectivity index (χ4v) is 1.86. The van der Waals surface area contributed by atoms with Crippen molar-refractivity contribution in [3.63, 3.8) is 0 Å². The van der Waals surface area contributed by atoms with Crippen LogP contribution in [0.25, 0.3) is 0 Å². The van der Waals surface area contributed by atoms with Crippen molar-refractivity contribution in [3.05, 3.63) is 48.7 Å². The van der Waals surface area contributed by atoms with Gasteiger partial charge in [0.05, 0.1) is 0 Å². The highest BCUT2D eigenvalue weighted by atomic mass is 32.2. The standard InChI is InChI=1S/C13H16N2OS/c1-3-14-13(17-4-2)12(16)15-10-11-8-6-5-7-9-11/h3,5-9H,1,4,10H2,2H3,(H,15,16). The summed E-state index contributed by atoms with van der Waals surface area (Å²) in [5, 5.41) is 3.29. The van der Waals surface area contributed by atoms with Crippen molar-refractivity contribution in [2.45, 2.75) is 13.5 Å². The number of thioether (sulfide) groups is 1. The van der Waals surface area contributed by atoms with E-state index in [0.717, 1.165) is 11.3 Å². The fourth-order valence-electron chi connectivity index (χ4n) is 1.23. The Balaban J connectivity index is 2.53. The number of nitrogens with one attached hydrogen (secondary N) is 1. The summed E-state index contributed by atoms with van der Waals surface area (Å²) in [6.07, 6.45) is 1.39. The highest BCUT2D eigenvalue weighted by Gasteiger charge is 2.09. The average Bonchev–Trinajstić information content (AvgIpc) is 2.37. The Bertz CT molecular complexity index is 401. The quantitative estimate of drug-likeness (QED) is 0.657. The summed E-state index contributed by atoms with van der Waals surface area (Å²) >= 11 is 1.41. The summed E-state index contributed by atoms with van der Waals surface area (Å²) in [5.74, 6) is 0.659. The lowest BCUT2D eigenvalue weighted by atomic mass is 10.2. The van der Waals surface area contributed by atoms with Crippen molar-refractivity contribution < 1.29 is 4.79 Å². The predicted molar refractivity (Wildman–Crippen MR) is 74.1 cm³/mol. The molecule has 0 radical (unpaired) electrons. The molecule has 0 aliphatic rings. The number of amides is 1. The Kier molecular flexibility index (Phi) is 6.10. The van der Waals surface area contributed by atoms with Gasteiger partial charge in [0.2, 0.25) is 0 Å². The van der Waals surface area contributed by atoms with Gasteiger partial charge in [-0.2, -0.15) is 0 Å². The molecule has 0 heterocycles. The molecule has 0 bridgehead atoms. The topological polar surface area (TPSA) is 41.5 Å². The van der Waals surface area contributed by atoms with E-state index in [1.807, 2.05) is 37.3 Å². The molecule has 0 saturated heterocycles. The normalized spacial score (nSPS) is 11.0. The van der Waals surface area contributed by atoms with Crippen LogP contribution < -0.4 is 5.32 Å². The maximum atomic E-state index is 11.8. The molecule has 90 valence electrons. The average molecular weight is 248 g/mol. The van der Waals surface area contributed by atoms with Crippen molar-refractivity contribution in [2.24, 2.45) is 4.99 Å². The third kappa shape index (κ3) is 4.87. The highest BCUT2D eigenvalue weighted by Crippen LogP contribution is 2.05. The first-order valence-electron chi connectivity index (χ1n) is 5.41. The first-order chi connectivity index (χ1) is 8.27. The van der Waals surface area contributed by atoms with Crippen molar-refractivity contribution in [1.82, 2.24) is 5.32 Å². The third-order valence-corrected chi connectivity index (χ3v) is 2.83. The molecular weight excluding hydrogens is 232 g/mol. The molecule has 0 saturated carbocycles.